The van der Waals surface area contributed by atoms with E-state index in [9.17, 15) is 8.42 Å². The molecular weight excluding hydrogens is 286 g/mol. The molecule has 0 aromatic heterocycles. The molecule has 5 nitrogen and oxygen atoms in total. The molecular formula is C15H25N3O2S. The van der Waals surface area contributed by atoms with E-state index in [1.54, 1.807) is 12.1 Å². The zero-order chi connectivity index (χ0) is 15.6. The standard InChI is InChI=1S/C15H25N3O2S/c1-10-4-7-14(11(2)8-10)18-15-9-12(5-6-13(15)16)21(19,20)17-3/h5-6,9-11,14,17-18H,4,7-8,16H2,1-3H3. The summed E-state index contributed by atoms with van der Waals surface area (Å²) in [6.45, 7) is 4.51. The molecule has 1 aliphatic carbocycles. The zero-order valence-electron chi connectivity index (χ0n) is 12.9. The number of benzene rings is 1. The van der Waals surface area contributed by atoms with E-state index >= 15 is 0 Å². The molecule has 0 amide bonds. The molecule has 0 heterocycles. The highest BCUT2D eigenvalue weighted by atomic mass is 32.2. The topological polar surface area (TPSA) is 84.2 Å². The fourth-order valence-electron chi connectivity index (χ4n) is 3.02. The molecule has 6 heteroatoms. The second-order valence-electron chi connectivity index (χ2n) is 6.10. The van der Waals surface area contributed by atoms with Crippen molar-refractivity contribution in [3.63, 3.8) is 0 Å². The van der Waals surface area contributed by atoms with E-state index in [2.05, 4.69) is 23.9 Å². The third-order valence-corrected chi connectivity index (χ3v) is 5.79. The predicted molar refractivity (Wildman–Crippen MR) is 86.7 cm³/mol. The van der Waals surface area contributed by atoms with E-state index in [0.717, 1.165) is 12.3 Å². The van der Waals surface area contributed by atoms with E-state index < -0.39 is 10.0 Å². The maximum Gasteiger partial charge on any atom is 0.240 e. The van der Waals surface area contributed by atoms with Gasteiger partial charge in [0.1, 0.15) is 0 Å². The molecule has 1 aromatic carbocycles. The van der Waals surface area contributed by atoms with Gasteiger partial charge in [-0.05, 0) is 56.3 Å². The van der Waals surface area contributed by atoms with Crippen LogP contribution in [0.25, 0.3) is 0 Å². The Bertz CT molecular complexity index is 601. The van der Waals surface area contributed by atoms with Gasteiger partial charge in [-0.2, -0.15) is 0 Å². The Hall–Kier alpha value is -1.27. The third kappa shape index (κ3) is 3.68. The largest absolute Gasteiger partial charge is 0.397 e. The Morgan fingerprint density at radius 2 is 1.95 bits per heavy atom. The number of hydrogen-bond acceptors (Lipinski definition) is 4. The number of sulfonamides is 1. The van der Waals surface area contributed by atoms with Crippen molar-refractivity contribution in [1.82, 2.24) is 4.72 Å². The van der Waals surface area contributed by atoms with Gasteiger partial charge < -0.3 is 11.1 Å². The van der Waals surface area contributed by atoms with Crippen LogP contribution >= 0.6 is 0 Å². The molecule has 0 bridgehead atoms. The fourth-order valence-corrected chi connectivity index (χ4v) is 3.78. The van der Waals surface area contributed by atoms with Crippen molar-refractivity contribution in [2.75, 3.05) is 18.1 Å². The Morgan fingerprint density at radius 3 is 2.57 bits per heavy atom. The van der Waals surface area contributed by atoms with E-state index in [-0.39, 0.29) is 4.90 Å². The maximum absolute atomic E-state index is 11.9. The van der Waals surface area contributed by atoms with Gasteiger partial charge in [-0.25, -0.2) is 13.1 Å². The molecule has 1 fully saturated rings. The van der Waals surface area contributed by atoms with Crippen molar-refractivity contribution in [3.05, 3.63) is 18.2 Å². The van der Waals surface area contributed by atoms with Crippen LogP contribution in [0.15, 0.2) is 23.1 Å². The second kappa shape index (κ2) is 6.23. The third-order valence-electron chi connectivity index (χ3n) is 4.38. The highest BCUT2D eigenvalue weighted by Crippen LogP contribution is 2.32. The van der Waals surface area contributed by atoms with Crippen LogP contribution < -0.4 is 15.8 Å². The van der Waals surface area contributed by atoms with Crippen molar-refractivity contribution in [2.24, 2.45) is 11.8 Å². The molecule has 4 N–H and O–H groups in total. The minimum atomic E-state index is -3.45. The number of nitrogens with two attached hydrogens (primary N) is 1. The smallest absolute Gasteiger partial charge is 0.240 e. The van der Waals surface area contributed by atoms with Gasteiger partial charge in [-0.15, -0.1) is 0 Å². The van der Waals surface area contributed by atoms with Gasteiger partial charge in [-0.3, -0.25) is 0 Å². The van der Waals surface area contributed by atoms with Crippen LogP contribution in [-0.2, 0) is 10.0 Å². The quantitative estimate of drug-likeness (QED) is 0.746. The lowest BCUT2D eigenvalue weighted by atomic mass is 9.80. The van der Waals surface area contributed by atoms with E-state index in [0.29, 0.717) is 23.3 Å². The molecule has 1 aromatic rings. The van der Waals surface area contributed by atoms with Gasteiger partial charge >= 0.3 is 0 Å². The Morgan fingerprint density at radius 1 is 1.24 bits per heavy atom. The normalized spacial score (nSPS) is 26.5. The summed E-state index contributed by atoms with van der Waals surface area (Å²) in [7, 11) is -2.04. The van der Waals surface area contributed by atoms with Crippen molar-refractivity contribution in [3.8, 4) is 0 Å². The van der Waals surface area contributed by atoms with Crippen molar-refractivity contribution < 1.29 is 8.42 Å². The summed E-state index contributed by atoms with van der Waals surface area (Å²) in [6, 6.07) is 5.13. The van der Waals surface area contributed by atoms with E-state index in [4.69, 9.17) is 5.73 Å². The summed E-state index contributed by atoms with van der Waals surface area (Å²) in [5.41, 5.74) is 7.27. The zero-order valence-corrected chi connectivity index (χ0v) is 13.7. The average Bonchev–Trinajstić information content (AvgIpc) is 2.43. The van der Waals surface area contributed by atoms with Crippen LogP contribution in [0.4, 0.5) is 11.4 Å². The summed E-state index contributed by atoms with van der Waals surface area (Å²) in [4.78, 5) is 0.235. The SMILES string of the molecule is CNS(=O)(=O)c1ccc(N)c(NC2CCC(C)CC2C)c1. The summed E-state index contributed by atoms with van der Waals surface area (Å²) >= 11 is 0. The molecule has 0 spiro atoms. The first-order valence-electron chi connectivity index (χ1n) is 7.43. The van der Waals surface area contributed by atoms with Crippen LogP contribution in [0.3, 0.4) is 0 Å². The molecule has 0 saturated heterocycles. The fraction of sp³-hybridized carbons (Fsp3) is 0.600. The molecule has 118 valence electrons. The van der Waals surface area contributed by atoms with Gasteiger partial charge in [0.2, 0.25) is 10.0 Å². The van der Waals surface area contributed by atoms with Gasteiger partial charge in [0.05, 0.1) is 16.3 Å². The predicted octanol–water partition coefficient (Wildman–Crippen LogP) is 2.41. The van der Waals surface area contributed by atoms with Crippen LogP contribution in [-0.4, -0.2) is 21.5 Å². The summed E-state index contributed by atoms with van der Waals surface area (Å²) in [6.07, 6.45) is 3.47. The molecule has 3 unspecified atom stereocenters. The highest BCUT2D eigenvalue weighted by molar-refractivity contribution is 7.89. The molecule has 3 atom stereocenters. The first kappa shape index (κ1) is 16.1. The van der Waals surface area contributed by atoms with Gasteiger partial charge in [0.15, 0.2) is 0 Å². The number of nitrogens with one attached hydrogen (secondary N) is 2. The van der Waals surface area contributed by atoms with Crippen LogP contribution in [0, 0.1) is 11.8 Å². The number of anilines is 2. The van der Waals surface area contributed by atoms with E-state index in [1.165, 1.54) is 26.0 Å². The van der Waals surface area contributed by atoms with Crippen molar-refractivity contribution in [2.45, 2.75) is 44.0 Å². The molecule has 2 rings (SSSR count). The van der Waals surface area contributed by atoms with Gasteiger partial charge in [0.25, 0.3) is 0 Å². The minimum absolute atomic E-state index is 0.235. The summed E-state index contributed by atoms with van der Waals surface area (Å²) in [5.74, 6) is 1.31. The average molecular weight is 311 g/mol. The molecule has 21 heavy (non-hydrogen) atoms. The minimum Gasteiger partial charge on any atom is -0.397 e. The molecule has 1 saturated carbocycles. The number of rotatable bonds is 4. The molecule has 1 aliphatic rings. The molecule has 0 radical (unpaired) electrons. The van der Waals surface area contributed by atoms with E-state index in [1.807, 2.05) is 0 Å². The number of nitrogen functional groups attached to an aromatic ring is 1. The lowest BCUT2D eigenvalue weighted by molar-refractivity contribution is 0.276. The Labute approximate surface area is 127 Å². The van der Waals surface area contributed by atoms with Crippen molar-refractivity contribution >= 4 is 21.4 Å². The van der Waals surface area contributed by atoms with Crippen LogP contribution in [0.2, 0.25) is 0 Å². The number of hydrogen-bond donors (Lipinski definition) is 3. The first-order chi connectivity index (χ1) is 9.83. The van der Waals surface area contributed by atoms with Crippen LogP contribution in [0.1, 0.15) is 33.1 Å². The summed E-state index contributed by atoms with van der Waals surface area (Å²) in [5, 5.41) is 3.44. The monoisotopic (exact) mass is 311 g/mol. The van der Waals surface area contributed by atoms with Gasteiger partial charge in [0, 0.05) is 6.04 Å². The molecule has 0 aliphatic heterocycles. The summed E-state index contributed by atoms with van der Waals surface area (Å²) < 4.78 is 26.1. The lowest BCUT2D eigenvalue weighted by Crippen LogP contribution is -2.33. The second-order valence-corrected chi connectivity index (χ2v) is 7.99. The highest BCUT2D eigenvalue weighted by Gasteiger charge is 2.26. The van der Waals surface area contributed by atoms with Gasteiger partial charge in [-0.1, -0.05) is 13.8 Å². The van der Waals surface area contributed by atoms with Crippen LogP contribution in [0.5, 0.6) is 0 Å². The van der Waals surface area contributed by atoms with Crippen molar-refractivity contribution in [1.29, 1.82) is 0 Å². The maximum atomic E-state index is 11.9. The Balaban J connectivity index is 2.22. The Kier molecular flexibility index (Phi) is 4.78. The lowest BCUT2D eigenvalue weighted by Gasteiger charge is -2.34. The first-order valence-corrected chi connectivity index (χ1v) is 8.91.